The molecule has 4 rings (SSSR count). The third-order valence-electron chi connectivity index (χ3n) is 5.37. The van der Waals surface area contributed by atoms with Gasteiger partial charge in [0.05, 0.1) is 24.2 Å². The Morgan fingerprint density at radius 3 is 2.42 bits per heavy atom. The van der Waals surface area contributed by atoms with Crippen molar-refractivity contribution in [3.8, 4) is 11.5 Å². The van der Waals surface area contributed by atoms with Crippen molar-refractivity contribution >= 4 is 33.2 Å². The fourth-order valence-corrected chi connectivity index (χ4v) is 5.22. The van der Waals surface area contributed by atoms with Crippen LogP contribution in [0.25, 0.3) is 0 Å². The largest absolute Gasteiger partial charge is 0.497 e. The third kappa shape index (κ3) is 4.77. The molecule has 1 atom stereocenters. The van der Waals surface area contributed by atoms with E-state index in [2.05, 4.69) is 0 Å². The molecule has 7 nitrogen and oxygen atoms in total. The maximum atomic E-state index is 13.4. The smallest absolute Gasteiger partial charge is 0.265 e. The summed E-state index contributed by atoms with van der Waals surface area (Å²) in [6.45, 7) is 0.196. The summed E-state index contributed by atoms with van der Waals surface area (Å²) in [7, 11) is -0.690. The van der Waals surface area contributed by atoms with E-state index in [1.54, 1.807) is 38.4 Å². The van der Waals surface area contributed by atoms with Gasteiger partial charge in [-0.25, -0.2) is 8.42 Å². The molecule has 33 heavy (non-hydrogen) atoms. The molecule has 0 spiro atoms. The maximum absolute atomic E-state index is 13.4. The molecule has 1 heterocycles. The van der Waals surface area contributed by atoms with Gasteiger partial charge in [0.1, 0.15) is 11.5 Å². The SMILES string of the molecule is COc1ccc(CN(C)C(=O)[C@@H]2CN(S(=O)(=O)c3ccc(Cl)cc3)c3ccccc3O2)cc1. The number of halogens is 1. The zero-order chi connectivity index (χ0) is 23.6. The standard InChI is InChI=1S/C24H23ClN2O5S/c1-26(15-17-7-11-19(31-2)12-8-17)24(28)23-16-27(21-5-3-4-6-22(21)32-23)33(29,30)20-13-9-18(25)10-14-20/h3-14,23H,15-16H2,1-2H3/t23-/m0/s1. The third-order valence-corrected chi connectivity index (χ3v) is 7.41. The monoisotopic (exact) mass is 486 g/mol. The highest BCUT2D eigenvalue weighted by Gasteiger charge is 2.38. The molecule has 1 amide bonds. The summed E-state index contributed by atoms with van der Waals surface area (Å²) < 4.78 is 39.2. The number of anilines is 1. The van der Waals surface area contributed by atoms with Crippen molar-refractivity contribution in [1.29, 1.82) is 0 Å². The van der Waals surface area contributed by atoms with E-state index in [1.165, 1.54) is 33.5 Å². The van der Waals surface area contributed by atoms with Gasteiger partial charge in [-0.3, -0.25) is 9.10 Å². The average molecular weight is 487 g/mol. The summed E-state index contributed by atoms with van der Waals surface area (Å²) in [5.74, 6) is 0.733. The van der Waals surface area contributed by atoms with E-state index in [1.807, 2.05) is 24.3 Å². The van der Waals surface area contributed by atoms with Gasteiger partial charge in [-0.2, -0.15) is 0 Å². The summed E-state index contributed by atoms with van der Waals surface area (Å²) in [5, 5.41) is 0.435. The molecule has 0 N–H and O–H groups in total. The number of carbonyl (C=O) groups excluding carboxylic acids is 1. The van der Waals surface area contributed by atoms with Gasteiger partial charge in [0.2, 0.25) is 0 Å². The number of hydrogen-bond donors (Lipinski definition) is 0. The molecule has 0 bridgehead atoms. The van der Waals surface area contributed by atoms with Crippen LogP contribution >= 0.6 is 11.6 Å². The lowest BCUT2D eigenvalue weighted by Crippen LogP contribution is -2.50. The van der Waals surface area contributed by atoms with Gasteiger partial charge in [-0.1, -0.05) is 35.9 Å². The predicted octanol–water partition coefficient (Wildman–Crippen LogP) is 3.96. The Morgan fingerprint density at radius 2 is 1.76 bits per heavy atom. The van der Waals surface area contributed by atoms with Gasteiger partial charge >= 0.3 is 0 Å². The van der Waals surface area contributed by atoms with Gasteiger partial charge < -0.3 is 14.4 Å². The molecule has 1 aliphatic heterocycles. The van der Waals surface area contributed by atoms with E-state index in [-0.39, 0.29) is 17.3 Å². The van der Waals surface area contributed by atoms with Crippen LogP contribution in [0.5, 0.6) is 11.5 Å². The molecule has 1 aliphatic rings. The van der Waals surface area contributed by atoms with Gasteiger partial charge in [0.25, 0.3) is 15.9 Å². The molecule has 0 saturated carbocycles. The lowest BCUT2D eigenvalue weighted by Gasteiger charge is -2.36. The molecule has 3 aromatic carbocycles. The minimum Gasteiger partial charge on any atom is -0.497 e. The Morgan fingerprint density at radius 1 is 1.09 bits per heavy atom. The number of methoxy groups -OCH3 is 1. The molecule has 0 aromatic heterocycles. The van der Waals surface area contributed by atoms with Crippen LogP contribution in [0, 0.1) is 0 Å². The lowest BCUT2D eigenvalue weighted by molar-refractivity contribution is -0.137. The molecule has 0 saturated heterocycles. The number of para-hydroxylation sites is 2. The Kier molecular flexibility index (Phi) is 6.49. The summed E-state index contributed by atoms with van der Waals surface area (Å²) in [6, 6.07) is 20.1. The normalized spacial score (nSPS) is 15.4. The Balaban J connectivity index is 1.60. The number of fused-ring (bicyclic) bond motifs is 1. The van der Waals surface area contributed by atoms with Crippen molar-refractivity contribution in [3.05, 3.63) is 83.4 Å². The highest BCUT2D eigenvalue weighted by molar-refractivity contribution is 7.92. The molecule has 0 fully saturated rings. The van der Waals surface area contributed by atoms with E-state index < -0.39 is 16.1 Å². The van der Waals surface area contributed by atoms with Gasteiger partial charge in [-0.15, -0.1) is 0 Å². The van der Waals surface area contributed by atoms with Crippen molar-refractivity contribution in [2.75, 3.05) is 25.0 Å². The van der Waals surface area contributed by atoms with E-state index >= 15 is 0 Å². The number of carbonyl (C=O) groups is 1. The number of rotatable bonds is 6. The predicted molar refractivity (Wildman–Crippen MR) is 126 cm³/mol. The second kappa shape index (κ2) is 9.33. The summed E-state index contributed by atoms with van der Waals surface area (Å²) in [6.07, 6.45) is -0.995. The van der Waals surface area contributed by atoms with Gasteiger partial charge in [0.15, 0.2) is 6.10 Å². The number of benzene rings is 3. The van der Waals surface area contributed by atoms with Gasteiger partial charge in [-0.05, 0) is 54.1 Å². The van der Waals surface area contributed by atoms with E-state index in [4.69, 9.17) is 21.1 Å². The Labute approximate surface area is 198 Å². The highest BCUT2D eigenvalue weighted by atomic mass is 35.5. The number of ether oxygens (including phenoxy) is 2. The van der Waals surface area contributed by atoms with Crippen molar-refractivity contribution in [2.24, 2.45) is 0 Å². The molecule has 3 aromatic rings. The summed E-state index contributed by atoms with van der Waals surface area (Å²) in [4.78, 5) is 14.8. The quantitative estimate of drug-likeness (QED) is 0.527. The fourth-order valence-electron chi connectivity index (χ4n) is 3.62. The zero-order valence-corrected chi connectivity index (χ0v) is 19.7. The average Bonchev–Trinajstić information content (AvgIpc) is 2.83. The second-order valence-electron chi connectivity index (χ2n) is 7.61. The number of sulfonamides is 1. The van der Waals surface area contributed by atoms with Crippen LogP contribution in [0.2, 0.25) is 5.02 Å². The minimum absolute atomic E-state index is 0.0846. The summed E-state index contributed by atoms with van der Waals surface area (Å²) in [5.41, 5.74) is 1.29. The number of amides is 1. The molecule has 0 unspecified atom stereocenters. The number of likely N-dealkylation sites (N-methyl/N-ethyl adjacent to an activating group) is 1. The lowest BCUT2D eigenvalue weighted by atomic mass is 10.1. The van der Waals surface area contributed by atoms with Crippen LogP contribution in [0.1, 0.15) is 5.56 Å². The van der Waals surface area contributed by atoms with Crippen LogP contribution in [0.4, 0.5) is 5.69 Å². The first kappa shape index (κ1) is 22.9. The van der Waals surface area contributed by atoms with E-state index in [0.717, 1.165) is 11.3 Å². The van der Waals surface area contributed by atoms with Crippen LogP contribution in [-0.4, -0.2) is 46.0 Å². The van der Waals surface area contributed by atoms with Crippen LogP contribution < -0.4 is 13.8 Å². The molecule has 0 aliphatic carbocycles. The highest BCUT2D eigenvalue weighted by Crippen LogP contribution is 2.37. The summed E-state index contributed by atoms with van der Waals surface area (Å²) >= 11 is 5.93. The van der Waals surface area contributed by atoms with Crippen molar-refractivity contribution in [3.63, 3.8) is 0 Å². The fraction of sp³-hybridized carbons (Fsp3) is 0.208. The van der Waals surface area contributed by atoms with Crippen LogP contribution in [0.15, 0.2) is 77.7 Å². The maximum Gasteiger partial charge on any atom is 0.265 e. The first-order valence-electron chi connectivity index (χ1n) is 10.2. The number of hydrogen-bond acceptors (Lipinski definition) is 5. The molecule has 0 radical (unpaired) electrons. The van der Waals surface area contributed by atoms with E-state index in [9.17, 15) is 13.2 Å². The van der Waals surface area contributed by atoms with Crippen LogP contribution in [0.3, 0.4) is 0 Å². The first-order valence-corrected chi connectivity index (χ1v) is 12.0. The Bertz CT molecular complexity index is 1250. The number of nitrogens with zero attached hydrogens (tertiary/aromatic N) is 2. The Hall–Kier alpha value is -3.23. The molecule has 9 heteroatoms. The molecular formula is C24H23ClN2O5S. The van der Waals surface area contributed by atoms with Crippen molar-refractivity contribution < 1.29 is 22.7 Å². The van der Waals surface area contributed by atoms with Crippen molar-refractivity contribution in [2.45, 2.75) is 17.5 Å². The topological polar surface area (TPSA) is 76.2 Å². The zero-order valence-electron chi connectivity index (χ0n) is 18.1. The first-order chi connectivity index (χ1) is 15.8. The second-order valence-corrected chi connectivity index (χ2v) is 9.91. The molecule has 172 valence electrons. The van der Waals surface area contributed by atoms with Gasteiger partial charge in [0, 0.05) is 18.6 Å². The molecular weight excluding hydrogens is 464 g/mol. The minimum atomic E-state index is -3.94. The van der Waals surface area contributed by atoms with E-state index in [0.29, 0.717) is 23.0 Å². The van der Waals surface area contributed by atoms with Crippen LogP contribution in [-0.2, 0) is 21.4 Å². The van der Waals surface area contributed by atoms with Crippen molar-refractivity contribution in [1.82, 2.24) is 4.90 Å².